The molecule has 0 saturated heterocycles. The molecule has 0 aliphatic heterocycles. The molecule has 0 radical (unpaired) electrons. The number of aromatic nitrogens is 1. The van der Waals surface area contributed by atoms with Crippen molar-refractivity contribution in [1.82, 2.24) is 4.98 Å². The summed E-state index contributed by atoms with van der Waals surface area (Å²) in [6.45, 7) is 7.10. The molecule has 33 heavy (non-hydrogen) atoms. The van der Waals surface area contributed by atoms with Crippen molar-refractivity contribution >= 4 is 0 Å². The van der Waals surface area contributed by atoms with Gasteiger partial charge in [0.15, 0.2) is 0 Å². The maximum atomic E-state index is 5.32. The van der Waals surface area contributed by atoms with E-state index in [2.05, 4.69) is 112 Å². The smallest absolute Gasteiger partial charge is 0.0711 e. The molecule has 3 aromatic carbocycles. The summed E-state index contributed by atoms with van der Waals surface area (Å²) in [5.74, 6) is 1.62. The molecule has 1 fully saturated rings. The van der Waals surface area contributed by atoms with Crippen LogP contribution in [0.25, 0.3) is 11.3 Å². The Morgan fingerprint density at radius 3 is 2.09 bits per heavy atom. The SMILES string of the molecule is Cc1cccc(C(c2ccccc2)c2ccccc2)c1-c1ccc2c(n1)CC1CC2C1(C)C. The fourth-order valence-corrected chi connectivity index (χ4v) is 6.38. The van der Waals surface area contributed by atoms with Crippen molar-refractivity contribution in [1.29, 1.82) is 0 Å². The highest BCUT2D eigenvalue weighted by Crippen LogP contribution is 2.62. The second-order valence-corrected chi connectivity index (χ2v) is 10.5. The lowest BCUT2D eigenvalue weighted by atomic mass is 9.48. The van der Waals surface area contributed by atoms with E-state index in [0.29, 0.717) is 11.3 Å². The van der Waals surface area contributed by atoms with Gasteiger partial charge in [0, 0.05) is 17.2 Å². The van der Waals surface area contributed by atoms with Crippen LogP contribution in [0.15, 0.2) is 91.0 Å². The van der Waals surface area contributed by atoms with Crippen molar-refractivity contribution in [3.63, 3.8) is 0 Å². The molecule has 0 spiro atoms. The summed E-state index contributed by atoms with van der Waals surface area (Å²) < 4.78 is 0. The fourth-order valence-electron chi connectivity index (χ4n) is 6.38. The van der Waals surface area contributed by atoms with Crippen LogP contribution < -0.4 is 0 Å². The number of benzene rings is 3. The quantitative estimate of drug-likeness (QED) is 0.300. The minimum atomic E-state index is 0.174. The van der Waals surface area contributed by atoms with E-state index in [1.807, 2.05) is 0 Å². The van der Waals surface area contributed by atoms with Crippen LogP contribution in [0.4, 0.5) is 0 Å². The Kier molecular flexibility index (Phi) is 4.76. The zero-order chi connectivity index (χ0) is 22.6. The Labute approximate surface area is 197 Å². The molecule has 1 nitrogen and oxygen atoms in total. The van der Waals surface area contributed by atoms with Crippen LogP contribution in [0.1, 0.15) is 65.6 Å². The number of nitrogens with zero attached hydrogens (tertiary/aromatic N) is 1. The average Bonchev–Trinajstić information content (AvgIpc) is 2.85. The minimum absolute atomic E-state index is 0.174. The standard InChI is InChI=1S/C32H31N/c1-21-11-10-16-26(31(22-12-6-4-7-13-22)23-14-8-5-9-15-23)30(21)28-18-17-25-27-19-24(32(27,2)3)20-29(25)33-28/h4-18,24,27,31H,19-20H2,1-3H3. The Morgan fingerprint density at radius 1 is 0.788 bits per heavy atom. The highest BCUT2D eigenvalue weighted by atomic mass is 14.8. The summed E-state index contributed by atoms with van der Waals surface area (Å²) >= 11 is 0. The molecule has 2 bridgehead atoms. The van der Waals surface area contributed by atoms with E-state index in [4.69, 9.17) is 4.98 Å². The third-order valence-corrected chi connectivity index (χ3v) is 8.43. The normalized spacial score (nSPS) is 20.2. The van der Waals surface area contributed by atoms with Crippen molar-refractivity contribution < 1.29 is 0 Å². The molecule has 0 N–H and O–H groups in total. The van der Waals surface area contributed by atoms with E-state index in [-0.39, 0.29) is 5.92 Å². The largest absolute Gasteiger partial charge is 0.253 e. The van der Waals surface area contributed by atoms with Gasteiger partial charge >= 0.3 is 0 Å². The summed E-state index contributed by atoms with van der Waals surface area (Å²) in [4.78, 5) is 5.32. The van der Waals surface area contributed by atoms with Gasteiger partial charge in [-0.15, -0.1) is 0 Å². The number of pyridine rings is 1. The molecule has 0 amide bonds. The van der Waals surface area contributed by atoms with Gasteiger partial charge in [0.2, 0.25) is 0 Å². The predicted octanol–water partition coefficient (Wildman–Crippen LogP) is 7.92. The molecule has 1 heteroatoms. The molecular weight excluding hydrogens is 398 g/mol. The van der Waals surface area contributed by atoms with Gasteiger partial charge in [0.05, 0.1) is 5.69 Å². The molecule has 4 aromatic rings. The Hall–Kier alpha value is -3.19. The fraction of sp³-hybridized carbons (Fsp3) is 0.281. The molecule has 2 atom stereocenters. The summed E-state index contributed by atoms with van der Waals surface area (Å²) in [6, 6.07) is 33.2. The summed E-state index contributed by atoms with van der Waals surface area (Å²) in [5, 5.41) is 0. The lowest BCUT2D eigenvalue weighted by Gasteiger charge is -2.56. The first kappa shape index (κ1) is 20.4. The average molecular weight is 430 g/mol. The van der Waals surface area contributed by atoms with Gasteiger partial charge in [-0.1, -0.05) is 98.8 Å². The van der Waals surface area contributed by atoms with Gasteiger partial charge in [0.25, 0.3) is 0 Å². The van der Waals surface area contributed by atoms with Gasteiger partial charge in [0.1, 0.15) is 0 Å². The van der Waals surface area contributed by atoms with Gasteiger partial charge in [-0.2, -0.15) is 0 Å². The van der Waals surface area contributed by atoms with Crippen molar-refractivity contribution in [2.45, 2.75) is 45.4 Å². The number of rotatable bonds is 4. The van der Waals surface area contributed by atoms with Crippen LogP contribution in [0, 0.1) is 18.3 Å². The highest BCUT2D eigenvalue weighted by Gasteiger charge is 2.52. The topological polar surface area (TPSA) is 12.9 Å². The molecule has 7 rings (SSSR count). The third-order valence-electron chi connectivity index (χ3n) is 8.43. The Balaban J connectivity index is 1.52. The van der Waals surface area contributed by atoms with E-state index >= 15 is 0 Å². The molecule has 3 aliphatic rings. The van der Waals surface area contributed by atoms with E-state index in [9.17, 15) is 0 Å². The summed E-state index contributed by atoms with van der Waals surface area (Å²) in [6.07, 6.45) is 2.45. The molecule has 1 aromatic heterocycles. The molecule has 1 heterocycles. The monoisotopic (exact) mass is 429 g/mol. The van der Waals surface area contributed by atoms with Crippen LogP contribution in [-0.4, -0.2) is 4.98 Å². The first-order chi connectivity index (χ1) is 16.0. The predicted molar refractivity (Wildman–Crippen MR) is 137 cm³/mol. The van der Waals surface area contributed by atoms with Crippen molar-refractivity contribution in [3.8, 4) is 11.3 Å². The van der Waals surface area contributed by atoms with Crippen LogP contribution in [0.5, 0.6) is 0 Å². The third kappa shape index (κ3) is 3.25. The number of aryl methyl sites for hydroxylation is 1. The van der Waals surface area contributed by atoms with Crippen LogP contribution in [0.2, 0.25) is 0 Å². The second kappa shape index (κ2) is 7.70. The van der Waals surface area contributed by atoms with Crippen LogP contribution >= 0.6 is 0 Å². The lowest BCUT2D eigenvalue weighted by Crippen LogP contribution is -2.48. The first-order valence-electron chi connectivity index (χ1n) is 12.2. The van der Waals surface area contributed by atoms with Crippen LogP contribution in [0.3, 0.4) is 0 Å². The van der Waals surface area contributed by atoms with Crippen molar-refractivity contribution in [2.75, 3.05) is 0 Å². The lowest BCUT2D eigenvalue weighted by molar-refractivity contribution is 0.0170. The van der Waals surface area contributed by atoms with Crippen molar-refractivity contribution in [3.05, 3.63) is 125 Å². The zero-order valence-corrected chi connectivity index (χ0v) is 19.8. The van der Waals surface area contributed by atoms with E-state index < -0.39 is 0 Å². The highest BCUT2D eigenvalue weighted by molar-refractivity contribution is 5.71. The van der Waals surface area contributed by atoms with Crippen LogP contribution in [-0.2, 0) is 6.42 Å². The minimum Gasteiger partial charge on any atom is -0.253 e. The van der Waals surface area contributed by atoms with E-state index in [1.54, 1.807) is 0 Å². The molecular formula is C32H31N. The second-order valence-electron chi connectivity index (χ2n) is 10.5. The molecule has 3 aliphatic carbocycles. The molecule has 1 saturated carbocycles. The van der Waals surface area contributed by atoms with Crippen molar-refractivity contribution in [2.24, 2.45) is 11.3 Å². The van der Waals surface area contributed by atoms with Gasteiger partial charge in [-0.3, -0.25) is 4.98 Å². The van der Waals surface area contributed by atoms with E-state index in [1.165, 1.54) is 45.5 Å². The maximum absolute atomic E-state index is 5.32. The van der Waals surface area contributed by atoms with E-state index in [0.717, 1.165) is 18.0 Å². The summed E-state index contributed by atoms with van der Waals surface area (Å²) in [5.41, 5.74) is 10.9. The Bertz CT molecular complexity index is 1260. The van der Waals surface area contributed by atoms with Gasteiger partial charge < -0.3 is 0 Å². The van der Waals surface area contributed by atoms with Gasteiger partial charge in [-0.05, 0) is 70.9 Å². The number of hydrogen-bond acceptors (Lipinski definition) is 1. The summed E-state index contributed by atoms with van der Waals surface area (Å²) in [7, 11) is 0. The van der Waals surface area contributed by atoms with Gasteiger partial charge in [-0.25, -0.2) is 0 Å². The number of hydrogen-bond donors (Lipinski definition) is 0. The first-order valence-corrected chi connectivity index (χ1v) is 12.2. The maximum Gasteiger partial charge on any atom is 0.0711 e. The molecule has 164 valence electrons. The Morgan fingerprint density at radius 2 is 1.45 bits per heavy atom. The molecule has 2 unspecified atom stereocenters. The zero-order valence-electron chi connectivity index (χ0n) is 19.8.